The lowest BCUT2D eigenvalue weighted by molar-refractivity contribution is -0.157. The summed E-state index contributed by atoms with van der Waals surface area (Å²) in [5.41, 5.74) is 3.60. The number of carbonyl (C=O) groups excluding carboxylic acids is 1. The molecule has 0 aliphatic rings. The molecule has 2 atom stereocenters. The minimum Gasteiger partial charge on any atom is -0.480 e. The van der Waals surface area contributed by atoms with E-state index in [9.17, 15) is 14.7 Å². The van der Waals surface area contributed by atoms with Crippen molar-refractivity contribution in [3.63, 3.8) is 0 Å². The lowest BCUT2D eigenvalue weighted by atomic mass is 10.1. The van der Waals surface area contributed by atoms with Gasteiger partial charge in [-0.25, -0.2) is 9.97 Å². The fraction of sp³-hybridized carbons (Fsp3) is 0.269. The SMILES string of the molecule is CCC(C)OC(=O)C(C(=O)O)c1nc(NCc2cccc(C)n2)c2c(-c3ccccc3)csc2n1. The Morgan fingerprint density at radius 3 is 2.54 bits per heavy atom. The number of pyridine rings is 1. The van der Waals surface area contributed by atoms with Gasteiger partial charge in [0.1, 0.15) is 10.6 Å². The normalized spacial score (nSPS) is 12.8. The van der Waals surface area contributed by atoms with E-state index in [4.69, 9.17) is 4.74 Å². The number of carbonyl (C=O) groups is 2. The number of hydrogen-bond donors (Lipinski definition) is 2. The Morgan fingerprint density at radius 2 is 1.86 bits per heavy atom. The second-order valence-electron chi connectivity index (χ2n) is 8.18. The number of fused-ring (bicyclic) bond motifs is 1. The number of ether oxygens (including phenoxy) is 1. The van der Waals surface area contributed by atoms with Crippen LogP contribution in [0.5, 0.6) is 0 Å². The van der Waals surface area contributed by atoms with Gasteiger partial charge < -0.3 is 15.2 Å². The van der Waals surface area contributed by atoms with Crippen LogP contribution in [0.2, 0.25) is 0 Å². The van der Waals surface area contributed by atoms with Gasteiger partial charge in [0.15, 0.2) is 5.82 Å². The van der Waals surface area contributed by atoms with Crippen molar-refractivity contribution < 1.29 is 19.4 Å². The molecule has 9 heteroatoms. The maximum Gasteiger partial charge on any atom is 0.328 e. The van der Waals surface area contributed by atoms with E-state index in [0.717, 1.165) is 27.9 Å². The highest BCUT2D eigenvalue weighted by atomic mass is 32.1. The molecule has 1 aromatic carbocycles. The molecule has 180 valence electrons. The van der Waals surface area contributed by atoms with E-state index in [0.29, 0.717) is 23.6 Å². The topological polar surface area (TPSA) is 114 Å². The number of aromatic nitrogens is 3. The summed E-state index contributed by atoms with van der Waals surface area (Å²) in [6.07, 6.45) is 0.157. The summed E-state index contributed by atoms with van der Waals surface area (Å²) in [5.74, 6) is -3.54. The maximum atomic E-state index is 12.7. The molecule has 0 saturated carbocycles. The lowest BCUT2D eigenvalue weighted by Gasteiger charge is -2.16. The molecular weight excluding hydrogens is 464 g/mol. The van der Waals surface area contributed by atoms with Gasteiger partial charge >= 0.3 is 11.9 Å². The monoisotopic (exact) mass is 490 g/mol. The third-order valence-electron chi connectivity index (χ3n) is 5.55. The van der Waals surface area contributed by atoms with Gasteiger partial charge in [0.05, 0.1) is 23.7 Å². The smallest absolute Gasteiger partial charge is 0.328 e. The molecule has 4 aromatic rings. The number of thiophene rings is 1. The first-order valence-corrected chi connectivity index (χ1v) is 12.2. The summed E-state index contributed by atoms with van der Waals surface area (Å²) in [7, 11) is 0. The van der Waals surface area contributed by atoms with Gasteiger partial charge in [-0.2, -0.15) is 0 Å². The number of nitrogens with one attached hydrogen (secondary N) is 1. The molecule has 0 aliphatic carbocycles. The number of esters is 1. The first kappa shape index (κ1) is 24.3. The number of rotatable bonds is 9. The molecule has 35 heavy (non-hydrogen) atoms. The second-order valence-corrected chi connectivity index (χ2v) is 9.03. The van der Waals surface area contributed by atoms with Crippen molar-refractivity contribution in [2.24, 2.45) is 0 Å². The van der Waals surface area contributed by atoms with Crippen LogP contribution in [0.3, 0.4) is 0 Å². The minimum atomic E-state index is -1.63. The van der Waals surface area contributed by atoms with E-state index in [-0.39, 0.29) is 5.82 Å². The summed E-state index contributed by atoms with van der Waals surface area (Å²) in [5, 5.41) is 15.9. The Labute approximate surface area is 207 Å². The van der Waals surface area contributed by atoms with Crippen molar-refractivity contribution in [1.82, 2.24) is 15.0 Å². The van der Waals surface area contributed by atoms with Crippen molar-refractivity contribution >= 4 is 39.3 Å². The van der Waals surface area contributed by atoms with Crippen molar-refractivity contribution in [3.05, 3.63) is 71.1 Å². The number of hydrogen-bond acceptors (Lipinski definition) is 8. The highest BCUT2D eigenvalue weighted by molar-refractivity contribution is 7.17. The standard InChI is InChI=1S/C26H26N4O4S/c1-4-16(3)34-26(33)21(25(31)32)23-29-22(27-13-18-12-8-9-15(2)28-18)20-19(14-35-24(20)30-23)17-10-6-5-7-11-17/h5-12,14,16,21H,4,13H2,1-3H3,(H,31,32)(H,27,29,30). The number of aliphatic carboxylic acids is 1. The van der Waals surface area contributed by atoms with Crippen LogP contribution >= 0.6 is 11.3 Å². The molecular formula is C26H26N4O4S. The average molecular weight is 491 g/mol. The first-order chi connectivity index (χ1) is 16.9. The van der Waals surface area contributed by atoms with Crippen molar-refractivity contribution in [2.45, 2.75) is 45.8 Å². The third-order valence-corrected chi connectivity index (χ3v) is 6.42. The molecule has 8 nitrogen and oxygen atoms in total. The van der Waals surface area contributed by atoms with Crippen LogP contribution < -0.4 is 5.32 Å². The molecule has 4 rings (SSSR count). The van der Waals surface area contributed by atoms with Gasteiger partial charge in [-0.05, 0) is 38.0 Å². The molecule has 0 amide bonds. The van der Waals surface area contributed by atoms with Crippen molar-refractivity contribution in [2.75, 3.05) is 5.32 Å². The number of carboxylic acids is 1. The number of anilines is 1. The Hall–Kier alpha value is -3.85. The van der Waals surface area contributed by atoms with Crippen LogP contribution in [0, 0.1) is 6.92 Å². The molecule has 2 N–H and O–H groups in total. The molecule has 0 aliphatic heterocycles. The molecule has 3 heterocycles. The van der Waals surface area contributed by atoms with E-state index in [1.807, 2.05) is 67.8 Å². The van der Waals surface area contributed by atoms with Crippen molar-refractivity contribution in [3.8, 4) is 11.1 Å². The Morgan fingerprint density at radius 1 is 1.09 bits per heavy atom. The second kappa shape index (κ2) is 10.6. The zero-order valence-electron chi connectivity index (χ0n) is 19.7. The van der Waals surface area contributed by atoms with Crippen LogP contribution in [0.1, 0.15) is 43.4 Å². The van der Waals surface area contributed by atoms with Crippen LogP contribution in [0.4, 0.5) is 5.82 Å². The molecule has 0 saturated heterocycles. The van der Waals surface area contributed by atoms with Crippen LogP contribution in [-0.4, -0.2) is 38.1 Å². The van der Waals surface area contributed by atoms with Gasteiger partial charge in [-0.15, -0.1) is 11.3 Å². The van der Waals surface area contributed by atoms with Gasteiger partial charge in [-0.1, -0.05) is 43.3 Å². The largest absolute Gasteiger partial charge is 0.480 e. The Kier molecular flexibility index (Phi) is 7.36. The van der Waals surface area contributed by atoms with Crippen molar-refractivity contribution in [1.29, 1.82) is 0 Å². The van der Waals surface area contributed by atoms with E-state index in [2.05, 4.69) is 20.3 Å². The number of benzene rings is 1. The van der Waals surface area contributed by atoms with E-state index in [1.54, 1.807) is 6.92 Å². The highest BCUT2D eigenvalue weighted by Crippen LogP contribution is 2.38. The van der Waals surface area contributed by atoms with Gasteiger partial charge in [0.25, 0.3) is 0 Å². The zero-order valence-corrected chi connectivity index (χ0v) is 20.5. The van der Waals surface area contributed by atoms with E-state index in [1.165, 1.54) is 11.3 Å². The predicted octanol–water partition coefficient (Wildman–Crippen LogP) is 5.18. The molecule has 0 bridgehead atoms. The molecule has 0 fully saturated rings. The number of nitrogens with zero attached hydrogens (tertiary/aromatic N) is 3. The molecule has 0 radical (unpaired) electrons. The maximum absolute atomic E-state index is 12.7. The van der Waals surface area contributed by atoms with Gasteiger partial charge in [0, 0.05) is 16.6 Å². The summed E-state index contributed by atoms with van der Waals surface area (Å²) in [6.45, 7) is 5.85. The first-order valence-electron chi connectivity index (χ1n) is 11.3. The fourth-order valence-electron chi connectivity index (χ4n) is 3.58. The highest BCUT2D eigenvalue weighted by Gasteiger charge is 2.35. The summed E-state index contributed by atoms with van der Waals surface area (Å²) in [4.78, 5) is 39.0. The predicted molar refractivity (Wildman–Crippen MR) is 135 cm³/mol. The van der Waals surface area contributed by atoms with E-state index >= 15 is 0 Å². The Bertz CT molecular complexity index is 1360. The van der Waals surface area contributed by atoms with E-state index < -0.39 is 24.0 Å². The lowest BCUT2D eigenvalue weighted by Crippen LogP contribution is -2.28. The molecule has 3 aromatic heterocycles. The summed E-state index contributed by atoms with van der Waals surface area (Å²) >= 11 is 1.37. The fourth-order valence-corrected chi connectivity index (χ4v) is 4.54. The summed E-state index contributed by atoms with van der Waals surface area (Å²) < 4.78 is 5.32. The van der Waals surface area contributed by atoms with Gasteiger partial charge in [-0.3, -0.25) is 14.6 Å². The molecule has 0 spiro atoms. The Balaban J connectivity index is 1.81. The number of aryl methyl sites for hydroxylation is 1. The molecule has 2 unspecified atom stereocenters. The van der Waals surface area contributed by atoms with Crippen LogP contribution in [-0.2, 0) is 20.9 Å². The zero-order chi connectivity index (χ0) is 24.9. The minimum absolute atomic E-state index is 0.112. The van der Waals surface area contributed by atoms with Crippen LogP contribution in [0.15, 0.2) is 53.9 Å². The summed E-state index contributed by atoms with van der Waals surface area (Å²) in [6, 6.07) is 15.6. The average Bonchev–Trinajstić information content (AvgIpc) is 3.27. The number of carboxylic acid groups (broad SMARTS) is 1. The van der Waals surface area contributed by atoms with Crippen LogP contribution in [0.25, 0.3) is 21.3 Å². The third kappa shape index (κ3) is 5.46. The quantitative estimate of drug-likeness (QED) is 0.244. The van der Waals surface area contributed by atoms with Gasteiger partial charge in [0.2, 0.25) is 5.92 Å².